The number of carbonyl (C=O) groups excluding carboxylic acids is 1. The van der Waals surface area contributed by atoms with Gasteiger partial charge in [0.25, 0.3) is 5.91 Å². The molecular weight excluding hydrogens is 619 g/mol. The number of fused-ring (bicyclic) bond motifs is 1. The lowest BCUT2D eigenvalue weighted by Crippen LogP contribution is -2.45. The Hall–Kier alpha value is -3.15. The van der Waals surface area contributed by atoms with E-state index < -0.39 is 43.0 Å². The van der Waals surface area contributed by atoms with Gasteiger partial charge in [-0.2, -0.15) is 8.42 Å². The molecule has 1 fully saturated rings. The topological polar surface area (TPSA) is 184 Å². The molecule has 4 N–H and O–H groups in total. The number of para-hydroxylation sites is 1. The van der Waals surface area contributed by atoms with E-state index in [0.717, 1.165) is 0 Å². The first-order chi connectivity index (χ1) is 21.0. The molecule has 0 unspecified atom stereocenters. The zero-order valence-electron chi connectivity index (χ0n) is 27.4. The van der Waals surface area contributed by atoms with Crippen molar-refractivity contribution in [3.8, 4) is 5.75 Å². The zero-order chi connectivity index (χ0) is 33.6. The van der Waals surface area contributed by atoms with Crippen molar-refractivity contribution < 1.29 is 31.7 Å². The van der Waals surface area contributed by atoms with Crippen molar-refractivity contribution in [1.82, 2.24) is 29.1 Å². The number of nitrogens with one attached hydrogen (secondary N) is 1. The van der Waals surface area contributed by atoms with Crippen molar-refractivity contribution in [2.45, 2.75) is 84.5 Å². The number of amides is 1. The standard InChI is InChI=1S/C23H32N6O7SSi.C6H15N/c1-23(2,3)38(4,5)36-17-10-14(35-22(17)29-13-27-18-19(24)25-12-26-20(18)29)11-34-37(32,33)28-21(31)15-8-6-7-9-16(15)30;1-4-7(5-2)6-3/h6-9,12-14,17,22,30H,10-11H2,1-5H3,(H,28,31)(H2,24,25,26);4-6H2,1-3H3/t14-,17+,22+;/m0./s1. The fourth-order valence-corrected chi connectivity index (χ4v) is 6.54. The molecule has 0 spiro atoms. The van der Waals surface area contributed by atoms with Crippen LogP contribution in [-0.4, -0.2) is 90.6 Å². The molecule has 0 saturated carbocycles. The van der Waals surface area contributed by atoms with Crippen molar-refractivity contribution in [3.63, 3.8) is 0 Å². The summed E-state index contributed by atoms with van der Waals surface area (Å²) in [7, 11) is -6.77. The number of imidazole rings is 1. The Bertz CT molecular complexity index is 1540. The van der Waals surface area contributed by atoms with Gasteiger partial charge < -0.3 is 24.9 Å². The third-order valence-electron chi connectivity index (χ3n) is 8.18. The van der Waals surface area contributed by atoms with Crippen LogP contribution in [0.3, 0.4) is 0 Å². The normalized spacial score (nSPS) is 19.0. The van der Waals surface area contributed by atoms with Gasteiger partial charge in [-0.15, -0.1) is 0 Å². The summed E-state index contributed by atoms with van der Waals surface area (Å²) in [4.78, 5) is 27.3. The molecule has 45 heavy (non-hydrogen) atoms. The second kappa shape index (κ2) is 15.0. The van der Waals surface area contributed by atoms with Crippen LogP contribution in [0, 0.1) is 0 Å². The van der Waals surface area contributed by atoms with Gasteiger partial charge in [0.15, 0.2) is 26.0 Å². The van der Waals surface area contributed by atoms with Crippen LogP contribution in [0.4, 0.5) is 5.82 Å². The minimum atomic E-state index is -4.50. The Morgan fingerprint density at radius 2 is 1.80 bits per heavy atom. The number of nitrogens with zero attached hydrogens (tertiary/aromatic N) is 5. The minimum Gasteiger partial charge on any atom is -0.507 e. The molecular formula is C29H47N7O7SSi. The van der Waals surface area contributed by atoms with E-state index in [4.69, 9.17) is 19.1 Å². The van der Waals surface area contributed by atoms with Gasteiger partial charge in [-0.05, 0) is 49.9 Å². The Labute approximate surface area is 266 Å². The first-order valence-corrected chi connectivity index (χ1v) is 19.3. The van der Waals surface area contributed by atoms with E-state index in [0.29, 0.717) is 17.6 Å². The molecule has 3 heterocycles. The summed E-state index contributed by atoms with van der Waals surface area (Å²) in [5, 5.41) is 9.73. The van der Waals surface area contributed by atoms with E-state index in [1.54, 1.807) is 9.29 Å². The molecule has 1 saturated heterocycles. The molecule has 2 aromatic heterocycles. The SMILES string of the molecule is CC(C)(C)[Si](C)(C)O[C@@H]1C[C@@H](COS(=O)(=O)NC(=O)c2ccccc2O)O[C@H]1n1cnc2c(N)ncnc21.CCN(CC)CC. The summed E-state index contributed by atoms with van der Waals surface area (Å²) in [6.07, 6.45) is 1.35. The molecule has 1 aromatic carbocycles. The van der Waals surface area contributed by atoms with Gasteiger partial charge in [0.1, 0.15) is 17.6 Å². The van der Waals surface area contributed by atoms with E-state index in [9.17, 15) is 18.3 Å². The number of carbonyl (C=O) groups is 1. The average molecular weight is 666 g/mol. The number of aromatic hydroxyl groups is 1. The van der Waals surface area contributed by atoms with Crippen LogP contribution >= 0.6 is 0 Å². The number of anilines is 1. The van der Waals surface area contributed by atoms with Crippen LogP contribution in [0.2, 0.25) is 18.1 Å². The summed E-state index contributed by atoms with van der Waals surface area (Å²) >= 11 is 0. The second-order valence-corrected chi connectivity index (χ2v) is 18.3. The molecule has 3 aromatic rings. The van der Waals surface area contributed by atoms with E-state index >= 15 is 0 Å². The maximum Gasteiger partial charge on any atom is 0.362 e. The van der Waals surface area contributed by atoms with Gasteiger partial charge in [0, 0.05) is 6.42 Å². The molecule has 16 heteroatoms. The number of hydrogen-bond donors (Lipinski definition) is 3. The lowest BCUT2D eigenvalue weighted by molar-refractivity contribution is -0.0424. The number of nitrogens with two attached hydrogens (primary N) is 1. The van der Waals surface area contributed by atoms with Gasteiger partial charge in [0.05, 0.1) is 30.7 Å². The molecule has 1 aliphatic heterocycles. The number of nitrogen functional groups attached to an aromatic ring is 1. The minimum absolute atomic E-state index is 0.0909. The molecule has 14 nitrogen and oxygen atoms in total. The lowest BCUT2D eigenvalue weighted by Gasteiger charge is -2.39. The molecule has 3 atom stereocenters. The van der Waals surface area contributed by atoms with Crippen LogP contribution in [0.25, 0.3) is 11.2 Å². The molecule has 250 valence electrons. The summed E-state index contributed by atoms with van der Waals surface area (Å²) in [6.45, 7) is 20.3. The third-order valence-corrected chi connectivity index (χ3v) is 13.6. The fourth-order valence-electron chi connectivity index (χ4n) is 4.49. The maximum absolute atomic E-state index is 12.5. The average Bonchev–Trinajstić information content (AvgIpc) is 3.57. The summed E-state index contributed by atoms with van der Waals surface area (Å²) in [5.74, 6) is -1.15. The number of rotatable bonds is 11. The van der Waals surface area contributed by atoms with Crippen molar-refractivity contribution in [3.05, 3.63) is 42.5 Å². The fraction of sp³-hybridized carbons (Fsp3) is 0.586. The Morgan fingerprint density at radius 3 is 2.38 bits per heavy atom. The monoisotopic (exact) mass is 665 g/mol. The van der Waals surface area contributed by atoms with E-state index in [2.05, 4.69) is 74.5 Å². The van der Waals surface area contributed by atoms with Crippen LogP contribution in [0.5, 0.6) is 5.75 Å². The third kappa shape index (κ3) is 9.20. The Morgan fingerprint density at radius 1 is 1.16 bits per heavy atom. The number of phenolic OH excluding ortho intramolecular Hbond substituents is 1. The predicted octanol–water partition coefficient (Wildman–Crippen LogP) is 3.83. The summed E-state index contributed by atoms with van der Waals surface area (Å²) < 4.78 is 46.4. The quantitative estimate of drug-likeness (QED) is 0.252. The van der Waals surface area contributed by atoms with Crippen molar-refractivity contribution in [2.75, 3.05) is 32.0 Å². The highest BCUT2D eigenvalue weighted by Crippen LogP contribution is 2.42. The summed E-state index contributed by atoms with van der Waals surface area (Å²) in [5.41, 5.74) is 6.61. The molecule has 1 amide bonds. The van der Waals surface area contributed by atoms with Crippen LogP contribution in [0.15, 0.2) is 36.9 Å². The Balaban J connectivity index is 0.000000707. The highest BCUT2D eigenvalue weighted by Gasteiger charge is 2.46. The zero-order valence-corrected chi connectivity index (χ0v) is 29.2. The van der Waals surface area contributed by atoms with Crippen LogP contribution in [0.1, 0.15) is 64.5 Å². The molecule has 0 bridgehead atoms. The van der Waals surface area contributed by atoms with Crippen molar-refractivity contribution in [1.29, 1.82) is 0 Å². The highest BCUT2D eigenvalue weighted by molar-refractivity contribution is 7.85. The van der Waals surface area contributed by atoms with Crippen molar-refractivity contribution >= 4 is 41.5 Å². The van der Waals surface area contributed by atoms with Gasteiger partial charge in [0.2, 0.25) is 0 Å². The predicted molar refractivity (Wildman–Crippen MR) is 174 cm³/mol. The maximum atomic E-state index is 12.5. The number of aromatic nitrogens is 4. The lowest BCUT2D eigenvalue weighted by atomic mass is 10.2. The molecule has 0 radical (unpaired) electrons. The van der Waals surface area contributed by atoms with Gasteiger partial charge >= 0.3 is 10.3 Å². The van der Waals surface area contributed by atoms with Gasteiger partial charge in [-0.25, -0.2) is 19.7 Å². The first kappa shape index (κ1) is 36.3. The highest BCUT2D eigenvalue weighted by atomic mass is 32.2. The molecule has 1 aliphatic rings. The van der Waals surface area contributed by atoms with Gasteiger partial charge in [-0.1, -0.05) is 53.7 Å². The van der Waals surface area contributed by atoms with Gasteiger partial charge in [-0.3, -0.25) is 13.5 Å². The first-order valence-electron chi connectivity index (χ1n) is 15.0. The van der Waals surface area contributed by atoms with E-state index in [1.165, 1.54) is 56.6 Å². The largest absolute Gasteiger partial charge is 0.507 e. The van der Waals surface area contributed by atoms with Crippen LogP contribution < -0.4 is 10.5 Å². The summed E-state index contributed by atoms with van der Waals surface area (Å²) in [6, 6.07) is 5.57. The number of phenols is 1. The molecule has 4 rings (SSSR count). The number of ether oxygens (including phenoxy) is 1. The van der Waals surface area contributed by atoms with E-state index in [1.807, 2.05) is 0 Å². The smallest absolute Gasteiger partial charge is 0.362 e. The Kier molecular flexibility index (Phi) is 12.1. The second-order valence-electron chi connectivity index (χ2n) is 12.2. The number of benzene rings is 1. The number of hydrogen-bond acceptors (Lipinski definition) is 12. The van der Waals surface area contributed by atoms with Crippen molar-refractivity contribution in [2.24, 2.45) is 0 Å². The molecule has 0 aliphatic carbocycles. The van der Waals surface area contributed by atoms with E-state index in [-0.39, 0.29) is 28.8 Å². The van der Waals surface area contributed by atoms with Crippen LogP contribution in [-0.2, 0) is 23.7 Å².